The summed E-state index contributed by atoms with van der Waals surface area (Å²) in [6.45, 7) is 5.41. The van der Waals surface area contributed by atoms with E-state index in [1.54, 1.807) is 56.4 Å². The van der Waals surface area contributed by atoms with Crippen LogP contribution in [0.15, 0.2) is 84.9 Å². The maximum Gasteiger partial charge on any atom is 0.490 e. The number of hydrogen-bond acceptors (Lipinski definition) is 10. The predicted octanol–water partition coefficient (Wildman–Crippen LogP) is 4.45. The fourth-order valence-electron chi connectivity index (χ4n) is 6.54. The molecule has 4 rings (SSSR count). The molecular weight excluding hydrogens is 868 g/mol. The molecule has 0 aliphatic carbocycles. The van der Waals surface area contributed by atoms with Gasteiger partial charge < -0.3 is 41.8 Å². The third-order valence-corrected chi connectivity index (χ3v) is 11.2. The maximum atomic E-state index is 13.5. The van der Waals surface area contributed by atoms with Gasteiger partial charge in [-0.15, -0.1) is 0 Å². The van der Waals surface area contributed by atoms with Crippen LogP contribution in [0.1, 0.15) is 66.7 Å². The van der Waals surface area contributed by atoms with Crippen molar-refractivity contribution in [1.29, 1.82) is 0 Å². The third kappa shape index (κ3) is 14.9. The Balaban J connectivity index is 1.59. The first kappa shape index (κ1) is 51.3. The van der Waals surface area contributed by atoms with Gasteiger partial charge >= 0.3 is 5.51 Å². The fraction of sp³-hybridized carbons (Fsp3) is 0.370. The van der Waals surface area contributed by atoms with Crippen LogP contribution in [-0.4, -0.2) is 96.6 Å². The van der Waals surface area contributed by atoms with Crippen LogP contribution in [0.5, 0.6) is 11.5 Å². The van der Waals surface area contributed by atoms with Crippen LogP contribution < -0.4 is 41.6 Å². The summed E-state index contributed by atoms with van der Waals surface area (Å²) in [5.41, 5.74) is 11.6. The van der Waals surface area contributed by atoms with E-state index in [1.807, 2.05) is 12.1 Å². The molecule has 65 heavy (non-hydrogen) atoms. The number of nitrogens with zero attached hydrogens (tertiary/aromatic N) is 1. The highest BCUT2D eigenvalue weighted by atomic mass is 32.2. The molecule has 5 amide bonds. The van der Waals surface area contributed by atoms with Crippen molar-refractivity contribution in [1.82, 2.24) is 25.6 Å². The number of ether oxygens (including phenoxy) is 2. The largest absolute Gasteiger partial charge is 0.492 e. The number of benzene rings is 4. The summed E-state index contributed by atoms with van der Waals surface area (Å²) < 4.78 is 64.7. The molecule has 4 aromatic rings. The molecule has 0 radical (unpaired) electrons. The van der Waals surface area contributed by atoms with Gasteiger partial charge in [-0.3, -0.25) is 28.7 Å². The molecule has 3 unspecified atom stereocenters. The van der Waals surface area contributed by atoms with E-state index in [0.29, 0.717) is 39.3 Å². The topological polar surface area (TPSA) is 224 Å². The minimum atomic E-state index is -5.28. The molecule has 0 saturated carbocycles. The van der Waals surface area contributed by atoms with Gasteiger partial charge in [0, 0.05) is 43.2 Å². The lowest BCUT2D eigenvalue weighted by atomic mass is 9.94. The highest BCUT2D eigenvalue weighted by molar-refractivity contribution is 7.84. The van der Waals surface area contributed by atoms with Gasteiger partial charge in [0.25, 0.3) is 11.8 Å². The number of rotatable bonds is 24. The van der Waals surface area contributed by atoms with E-state index < -0.39 is 58.8 Å². The quantitative estimate of drug-likeness (QED) is 0.0542. The van der Waals surface area contributed by atoms with Crippen molar-refractivity contribution >= 4 is 41.0 Å². The molecule has 0 aromatic heterocycles. The molecule has 0 fully saturated rings. The summed E-state index contributed by atoms with van der Waals surface area (Å²) in [5, 5.41) is 7.22. The molecule has 4 atom stereocenters. The molecular formula is C46H56F3N7O8S. The van der Waals surface area contributed by atoms with Crippen LogP contribution in [0, 0.1) is 0 Å². The van der Waals surface area contributed by atoms with Crippen LogP contribution in [-0.2, 0) is 43.0 Å². The second kappa shape index (κ2) is 24.7. The monoisotopic (exact) mass is 923 g/mol. The number of hydrogen-bond donors (Lipinski definition) is 6. The first-order chi connectivity index (χ1) is 31.0. The van der Waals surface area contributed by atoms with Gasteiger partial charge in [-0.1, -0.05) is 61.9 Å². The third-order valence-electron chi connectivity index (χ3n) is 10.4. The number of halogens is 3. The first-order valence-corrected chi connectivity index (χ1v) is 22.1. The number of unbranched alkanes of at least 4 members (excludes halogenated alkanes) is 1. The van der Waals surface area contributed by atoms with E-state index in [-0.39, 0.29) is 45.2 Å². The zero-order chi connectivity index (χ0) is 47.7. The Kier molecular flexibility index (Phi) is 19.5. The number of nitrogens with two attached hydrogens (primary N) is 2. The zero-order valence-electron chi connectivity index (χ0n) is 36.7. The summed E-state index contributed by atoms with van der Waals surface area (Å²) in [6, 6.07) is 21.9. The Labute approximate surface area is 378 Å². The van der Waals surface area contributed by atoms with Gasteiger partial charge in [0.05, 0.1) is 12.6 Å². The molecule has 15 nitrogen and oxygen atoms in total. The summed E-state index contributed by atoms with van der Waals surface area (Å²) >= 11 is 0. The van der Waals surface area contributed by atoms with Gasteiger partial charge in [0.1, 0.15) is 36.8 Å². The van der Waals surface area contributed by atoms with E-state index in [4.69, 9.17) is 20.9 Å². The van der Waals surface area contributed by atoms with E-state index in [1.165, 1.54) is 28.2 Å². The van der Waals surface area contributed by atoms with Gasteiger partial charge in [0.15, 0.2) is 0 Å². The Bertz CT molecular complexity index is 2280. The van der Waals surface area contributed by atoms with Crippen molar-refractivity contribution < 1.29 is 50.8 Å². The second-order valence-electron chi connectivity index (χ2n) is 15.1. The van der Waals surface area contributed by atoms with Gasteiger partial charge in [0.2, 0.25) is 29.2 Å². The molecule has 4 aromatic carbocycles. The summed E-state index contributed by atoms with van der Waals surface area (Å²) in [6.07, 6.45) is 3.11. The predicted molar refractivity (Wildman–Crippen MR) is 242 cm³/mol. The van der Waals surface area contributed by atoms with E-state index >= 15 is 0 Å². The average molecular weight is 924 g/mol. The number of carbonyl (C=O) groups excluding carboxylic acids is 5. The van der Waals surface area contributed by atoms with Crippen molar-refractivity contribution in [2.75, 3.05) is 39.9 Å². The molecule has 0 saturated heterocycles. The van der Waals surface area contributed by atoms with Crippen molar-refractivity contribution in [3.63, 3.8) is 0 Å². The lowest BCUT2D eigenvalue weighted by Crippen LogP contribution is -2.53. The Morgan fingerprint density at radius 1 is 0.815 bits per heavy atom. The lowest BCUT2D eigenvalue weighted by molar-refractivity contribution is -0.130. The number of likely N-dealkylation sites (N-methyl/N-ethyl adjacent to an activating group) is 1. The minimum Gasteiger partial charge on any atom is -0.492 e. The number of carbonyl (C=O) groups is 5. The zero-order valence-corrected chi connectivity index (χ0v) is 37.5. The second-order valence-corrected chi connectivity index (χ2v) is 16.3. The van der Waals surface area contributed by atoms with Gasteiger partial charge in [-0.2, -0.15) is 13.2 Å². The van der Waals surface area contributed by atoms with E-state index in [9.17, 15) is 41.4 Å². The van der Waals surface area contributed by atoms with Crippen LogP contribution >= 0.6 is 0 Å². The van der Waals surface area contributed by atoms with Crippen LogP contribution in [0.4, 0.5) is 13.2 Å². The van der Waals surface area contributed by atoms with E-state index in [0.717, 1.165) is 30.4 Å². The molecule has 0 aliphatic rings. The molecule has 0 aliphatic heterocycles. The Morgan fingerprint density at radius 3 is 1.95 bits per heavy atom. The average Bonchev–Trinajstić information content (AvgIpc) is 3.30. The van der Waals surface area contributed by atoms with Gasteiger partial charge in [-0.25, -0.2) is 4.21 Å². The summed E-state index contributed by atoms with van der Waals surface area (Å²) in [7, 11) is -2.20. The molecule has 350 valence electrons. The van der Waals surface area contributed by atoms with Gasteiger partial charge in [-0.05, 0) is 90.9 Å². The molecule has 0 heterocycles. The van der Waals surface area contributed by atoms with E-state index in [2.05, 4.69) is 47.1 Å². The first-order valence-electron chi connectivity index (χ1n) is 21.0. The molecule has 8 N–H and O–H groups in total. The minimum absolute atomic E-state index is 0.0769. The molecule has 0 bridgehead atoms. The number of aryl methyl sites for hydroxylation is 1. The highest BCUT2D eigenvalue weighted by Crippen LogP contribution is 2.40. The maximum absolute atomic E-state index is 13.5. The Morgan fingerprint density at radius 2 is 1.38 bits per heavy atom. The Hall–Kier alpha value is -6.31. The van der Waals surface area contributed by atoms with Crippen LogP contribution in [0.2, 0.25) is 0 Å². The number of amides is 5. The lowest BCUT2D eigenvalue weighted by Gasteiger charge is -2.27. The SMILES string of the molecule is CCCCc1ccc(-c2ccc(C(=O)NCC(=O)N(C)C(C)c3ccc(OCCN)c(-c4cc(CC(NC(=O)[C@H](C)NC=O)C(=O)NS(=O)C(F)(F)F)ccc4OCCN)c3)cc2)cc1. The highest BCUT2D eigenvalue weighted by Gasteiger charge is 2.40. The summed E-state index contributed by atoms with van der Waals surface area (Å²) in [5.74, 6) is -2.47. The standard InChI is InChI=1S/C46H56F3N7O8S/c1-5-6-7-31-8-11-33(12-9-31)34-13-15-35(16-14-34)44(60)52-27-42(58)56(4)30(3)36-17-19-41(64-23-21-51)38(26-36)37-24-32(10-18-40(37)63-22-20-50)25-39(54-43(59)29(2)53-28-57)45(61)55-65(62)46(47,48)49/h8-19,24,26,28-30,39H,5-7,20-23,25,27,50-51H2,1-4H3,(H,52,60)(H,53,57)(H,54,59)(H,55,61)/t29-,30?,39?,65?/m0/s1. The van der Waals surface area contributed by atoms with Crippen molar-refractivity contribution in [2.45, 2.75) is 70.1 Å². The van der Waals surface area contributed by atoms with Crippen molar-refractivity contribution in [3.05, 3.63) is 107 Å². The van der Waals surface area contributed by atoms with Crippen LogP contribution in [0.25, 0.3) is 22.3 Å². The normalized spacial score (nSPS) is 13.1. The number of alkyl halides is 3. The smallest absolute Gasteiger partial charge is 0.490 e. The molecule has 19 heteroatoms. The summed E-state index contributed by atoms with van der Waals surface area (Å²) in [4.78, 5) is 65.0. The van der Waals surface area contributed by atoms with Crippen LogP contribution in [0.3, 0.4) is 0 Å². The van der Waals surface area contributed by atoms with Crippen molar-refractivity contribution in [2.24, 2.45) is 11.5 Å². The number of nitrogens with one attached hydrogen (secondary N) is 4. The van der Waals surface area contributed by atoms with Crippen molar-refractivity contribution in [3.8, 4) is 33.8 Å². The fourth-order valence-corrected chi connectivity index (χ4v) is 6.98. The molecule has 0 spiro atoms.